The number of benzene rings is 7. The van der Waals surface area contributed by atoms with Crippen LogP contribution in [0.4, 0.5) is 4.79 Å². The van der Waals surface area contributed by atoms with Crippen LogP contribution in [0.1, 0.15) is 107 Å². The third kappa shape index (κ3) is 24.1. The van der Waals surface area contributed by atoms with Crippen molar-refractivity contribution in [3.8, 4) is 5.75 Å². The normalized spacial score (nSPS) is 14.1. The van der Waals surface area contributed by atoms with Gasteiger partial charge in [-0.2, -0.15) is 0 Å². The van der Waals surface area contributed by atoms with Crippen LogP contribution in [-0.2, 0) is 116 Å². The fourth-order valence-corrected chi connectivity index (χ4v) is 15.9. The van der Waals surface area contributed by atoms with Crippen LogP contribution in [0.3, 0.4) is 0 Å². The number of methoxy groups -OCH3 is 1. The molecule has 3 atom stereocenters. The summed E-state index contributed by atoms with van der Waals surface area (Å²) >= 11 is 37.9. The lowest BCUT2D eigenvalue weighted by atomic mass is 9.96. The van der Waals surface area contributed by atoms with E-state index in [1.807, 2.05) is 0 Å². The zero-order chi connectivity index (χ0) is 81.7. The molecule has 0 aliphatic carbocycles. The summed E-state index contributed by atoms with van der Waals surface area (Å²) in [4.78, 5) is 100. The molecule has 7 aromatic rings. The molecule has 0 radical (unpaired) electrons. The van der Waals surface area contributed by atoms with E-state index in [-0.39, 0.29) is 99.0 Å². The number of para-hydroxylation sites is 1. The number of carboxylic acids is 3. The minimum atomic E-state index is -3.50. The maximum absolute atomic E-state index is 13.2. The van der Waals surface area contributed by atoms with E-state index in [1.54, 1.807) is 85.2 Å². The third-order valence-electron chi connectivity index (χ3n) is 17.1. The van der Waals surface area contributed by atoms with Crippen LogP contribution in [0.5, 0.6) is 5.75 Å². The van der Waals surface area contributed by atoms with Gasteiger partial charge in [0.25, 0.3) is 11.8 Å². The number of aliphatic carboxylic acids is 2. The molecule has 0 saturated heterocycles. The lowest BCUT2D eigenvalue weighted by molar-refractivity contribution is -0.142. The van der Waals surface area contributed by atoms with E-state index < -0.39 is 95.0 Å². The zero-order valence-electron chi connectivity index (χ0n) is 60.1. The molecule has 0 spiro atoms. The summed E-state index contributed by atoms with van der Waals surface area (Å²) in [6.45, 7) is 7.92. The Labute approximate surface area is 665 Å². The second kappa shape index (κ2) is 37.9. The van der Waals surface area contributed by atoms with Gasteiger partial charge in [-0.05, 0) is 170 Å². The molecule has 35 heteroatoms. The molecule has 3 heterocycles. The first-order valence-electron chi connectivity index (χ1n) is 33.3. The molecule has 110 heavy (non-hydrogen) atoms. The molecule has 0 aromatic heterocycles. The SMILES string of the molecule is CC(C)(C)OC(=O)N1CCc2c(cc(Cl)c(C(=O)O)c2Cl)C1.COC(=O)[C@@H](N)Cc1cccc(S(C)(=O)=O)c1.CS(=O)(=O)c1cccc(C[C@H](NC(=O)c2c(Cl)cc3c(c2Cl)CCN(C(=O)/C=C/c2ccccc2O)C3)C(=O)O)c1.CS(=O)(=O)c1cccc(C[C@H](NC(=O)c2c(Cl)cc3c(c2Cl)CCNC3)C(=O)O)c1. The lowest BCUT2D eigenvalue weighted by Gasteiger charge is -2.32. The Morgan fingerprint density at radius 3 is 1.40 bits per heavy atom. The predicted octanol–water partition coefficient (Wildman–Crippen LogP) is 10.7. The number of ether oxygens (including phenoxy) is 2. The van der Waals surface area contributed by atoms with Crippen LogP contribution in [0, 0.1) is 0 Å². The predicted molar refractivity (Wildman–Crippen MR) is 416 cm³/mol. The summed E-state index contributed by atoms with van der Waals surface area (Å²) in [5.74, 6) is -5.98. The summed E-state index contributed by atoms with van der Waals surface area (Å²) in [5, 5.41) is 47.1. The number of aromatic carboxylic acids is 1. The summed E-state index contributed by atoms with van der Waals surface area (Å²) < 4.78 is 79.7. The van der Waals surface area contributed by atoms with E-state index in [1.165, 1.54) is 79.9 Å². The first-order chi connectivity index (χ1) is 51.4. The smallest absolute Gasteiger partial charge is 0.410 e. The van der Waals surface area contributed by atoms with Gasteiger partial charge in [0.1, 0.15) is 29.5 Å². The number of nitrogens with two attached hydrogens (primary N) is 1. The Hall–Kier alpha value is -8.85. The van der Waals surface area contributed by atoms with Crippen molar-refractivity contribution in [2.24, 2.45) is 5.73 Å². The number of halogens is 6. The lowest BCUT2D eigenvalue weighted by Crippen LogP contribution is -2.42. The maximum Gasteiger partial charge on any atom is 0.410 e. The van der Waals surface area contributed by atoms with Gasteiger partial charge in [0.2, 0.25) is 5.91 Å². The number of aromatic hydroxyl groups is 1. The molecule has 10 rings (SSSR count). The molecule has 3 aliphatic rings. The molecule has 0 saturated carbocycles. The van der Waals surface area contributed by atoms with E-state index in [4.69, 9.17) is 85.2 Å². The fraction of sp³-hybridized carbons (Fsp3) is 0.307. The van der Waals surface area contributed by atoms with E-state index in [0.29, 0.717) is 85.4 Å². The highest BCUT2D eigenvalue weighted by Gasteiger charge is 2.33. The highest BCUT2D eigenvalue weighted by molar-refractivity contribution is 7.91. The monoisotopic (exact) mass is 1690 g/mol. The van der Waals surface area contributed by atoms with Crippen LogP contribution >= 0.6 is 69.6 Å². The molecule has 0 unspecified atom stereocenters. The van der Waals surface area contributed by atoms with Crippen molar-refractivity contribution >= 4 is 153 Å². The molecular formula is C75H78Cl6N6O20S3. The van der Waals surface area contributed by atoms with Crippen LogP contribution in [0.25, 0.3) is 6.08 Å². The number of rotatable bonds is 19. The number of amides is 4. The van der Waals surface area contributed by atoms with Crippen molar-refractivity contribution < 1.29 is 93.5 Å². The second-order valence-corrected chi connectivity index (χ2v) is 35.0. The molecule has 9 N–H and O–H groups in total. The summed E-state index contributed by atoms with van der Waals surface area (Å²) in [7, 11) is -8.93. The summed E-state index contributed by atoms with van der Waals surface area (Å²) in [5.41, 5.74) is 11.4. The second-order valence-electron chi connectivity index (χ2n) is 26.6. The highest BCUT2D eigenvalue weighted by Crippen LogP contribution is 2.38. The van der Waals surface area contributed by atoms with Gasteiger partial charge in [-0.15, -0.1) is 0 Å². The molecule has 0 fully saturated rings. The first-order valence-corrected chi connectivity index (χ1v) is 41.2. The Morgan fingerprint density at radius 1 is 0.564 bits per heavy atom. The van der Waals surface area contributed by atoms with Crippen molar-refractivity contribution in [1.82, 2.24) is 25.8 Å². The number of phenolic OH excluding ortho intramolecular Hbond substituents is 1. The van der Waals surface area contributed by atoms with E-state index in [0.717, 1.165) is 41.0 Å². The Bertz CT molecular complexity index is 5140. The number of nitrogens with zero attached hydrogens (tertiary/aromatic N) is 2. The van der Waals surface area contributed by atoms with E-state index in [9.17, 15) is 78.9 Å². The van der Waals surface area contributed by atoms with E-state index >= 15 is 0 Å². The highest BCUT2D eigenvalue weighted by atomic mass is 35.5. The van der Waals surface area contributed by atoms with Gasteiger partial charge < -0.3 is 61.4 Å². The van der Waals surface area contributed by atoms with Gasteiger partial charge in [-0.3, -0.25) is 19.2 Å². The van der Waals surface area contributed by atoms with Crippen LogP contribution < -0.4 is 21.7 Å². The van der Waals surface area contributed by atoms with E-state index in [2.05, 4.69) is 20.7 Å². The summed E-state index contributed by atoms with van der Waals surface area (Å²) in [6, 6.07) is 26.1. The molecule has 0 bridgehead atoms. The maximum atomic E-state index is 13.2. The van der Waals surface area contributed by atoms with Gasteiger partial charge in [0.15, 0.2) is 29.5 Å². The number of esters is 1. The Kier molecular flexibility index (Phi) is 30.5. The topological polar surface area (TPSA) is 407 Å². The number of sulfone groups is 3. The third-order valence-corrected chi connectivity index (χ3v) is 22.6. The molecule has 588 valence electrons. The number of nitrogens with one attached hydrogen (secondary N) is 3. The quantitative estimate of drug-likeness (QED) is 0.0275. The first kappa shape index (κ1) is 88.4. The minimum Gasteiger partial charge on any atom is -0.507 e. The number of hydrogen-bond donors (Lipinski definition) is 8. The number of phenols is 1. The molecule has 7 aromatic carbocycles. The van der Waals surface area contributed by atoms with Crippen molar-refractivity contribution in [3.63, 3.8) is 0 Å². The average Bonchev–Trinajstić information content (AvgIpc) is 0.784. The molecule has 26 nitrogen and oxygen atoms in total. The van der Waals surface area contributed by atoms with Gasteiger partial charge in [0.05, 0.1) is 68.6 Å². The van der Waals surface area contributed by atoms with Gasteiger partial charge >= 0.3 is 30.0 Å². The van der Waals surface area contributed by atoms with Crippen molar-refractivity contribution in [3.05, 3.63) is 224 Å². The average molecular weight is 1690 g/mol. The molecule has 3 aliphatic heterocycles. The van der Waals surface area contributed by atoms with Gasteiger partial charge in [-0.25, -0.2) is 44.4 Å². The largest absolute Gasteiger partial charge is 0.507 e. The number of fused-ring (bicyclic) bond motifs is 3. The summed E-state index contributed by atoms with van der Waals surface area (Å²) in [6.07, 6.45) is 7.13. The van der Waals surface area contributed by atoms with Gasteiger partial charge in [-0.1, -0.05) is 124 Å². The minimum absolute atomic E-state index is 0.00601. The standard InChI is InChI=1S/C29H26Cl2N2O7S.C20H20Cl2N2O5S.C15H17Cl2NO4.C11H15NO4S/c1-41(39,40)20-7-4-5-17(13-20)14-23(29(37)38)32-28(36)26-22(30)15-19-16-33(12-11-21(19)27(26)31)25(35)10-9-18-6-2-3-8-24(18)34;1-30(28,29)13-4-2-3-11(7-13)8-16(20(26)27)24-19(25)17-15(21)9-12-10-23-6-5-14(12)18(17)22;1-15(2,3)22-14(21)18-5-4-9-8(7-18)6-10(16)11(12(9)17)13(19)20;1-16-11(13)10(12)7-8-4-3-5-9(6-8)17(2,14)15/h2-10,13,15,23,34H,11-12,14,16H2,1H3,(H,32,36)(H,37,38);2-4,7,9,16,23H,5-6,8,10H2,1H3,(H,24,25)(H,26,27);6H,4-5,7H2,1-3H3,(H,19,20);3-6,10H,7,12H2,1-2H3/b10-9+;;;/t23-;16-;;10-/m00.0/s1. The van der Waals surface area contributed by atoms with Crippen molar-refractivity contribution in [1.29, 1.82) is 0 Å². The van der Waals surface area contributed by atoms with Crippen molar-refractivity contribution in [2.45, 2.75) is 117 Å². The molecule has 4 amide bonds. The number of hydrogen-bond acceptors (Lipinski definition) is 19. The number of carbonyl (C=O) groups excluding carboxylic acids is 5. The fourth-order valence-electron chi connectivity index (χ4n) is 11.6. The van der Waals surface area contributed by atoms with Gasteiger partial charge in [0, 0.05) is 76.0 Å². The Balaban J connectivity index is 0.000000215. The Morgan fingerprint density at radius 2 is 0.973 bits per heavy atom. The molecular weight excluding hydrogens is 1610 g/mol. The van der Waals surface area contributed by atoms with Crippen LogP contribution in [0.15, 0.2) is 136 Å². The number of carbonyl (C=O) groups is 8. The van der Waals surface area contributed by atoms with Crippen molar-refractivity contribution in [2.75, 3.05) is 45.5 Å². The zero-order valence-corrected chi connectivity index (χ0v) is 67.1. The van der Waals surface area contributed by atoms with Crippen LogP contribution in [0.2, 0.25) is 30.1 Å². The van der Waals surface area contributed by atoms with Crippen LogP contribution in [-0.4, -0.2) is 172 Å². The number of carboxylic acid groups (broad SMARTS) is 3.